The van der Waals surface area contributed by atoms with Crippen LogP contribution < -0.4 is 14.5 Å². The van der Waals surface area contributed by atoms with Crippen LogP contribution in [0.25, 0.3) is 10.8 Å². The highest BCUT2D eigenvalue weighted by Crippen LogP contribution is 2.36. The van der Waals surface area contributed by atoms with Crippen LogP contribution in [0.1, 0.15) is 30.5 Å². The molecule has 0 saturated carbocycles. The Morgan fingerprint density at radius 2 is 1.80 bits per heavy atom. The van der Waals surface area contributed by atoms with Gasteiger partial charge >= 0.3 is 6.01 Å². The second-order valence-electron chi connectivity index (χ2n) is 10.9. The van der Waals surface area contributed by atoms with Crippen LogP contribution >= 0.6 is 0 Å². The number of nitrogens with zero attached hydrogens (tertiary/aromatic N) is 6. The number of benzene rings is 2. The van der Waals surface area contributed by atoms with Crippen LogP contribution in [0.2, 0.25) is 0 Å². The third kappa shape index (κ3) is 5.56. The molecule has 1 amide bonds. The lowest BCUT2D eigenvalue weighted by molar-refractivity contribution is -0.126. The molecule has 0 unspecified atom stereocenters. The van der Waals surface area contributed by atoms with Crippen LogP contribution in [0.5, 0.6) is 11.8 Å². The molecule has 9 nitrogen and oxygen atoms in total. The first-order valence-electron chi connectivity index (χ1n) is 14.5. The lowest BCUT2D eigenvalue weighted by Gasteiger charge is -2.38. The van der Waals surface area contributed by atoms with Crippen LogP contribution in [0.4, 0.5) is 11.5 Å². The molecular weight excluding hydrogens is 504 g/mol. The molecule has 9 heteroatoms. The number of aromatic nitrogens is 2. The lowest BCUT2D eigenvalue weighted by Crippen LogP contribution is -2.49. The number of phenolic OH excluding ortho intramolecular Hbond substituents is 1. The van der Waals surface area contributed by atoms with E-state index in [1.54, 1.807) is 0 Å². The number of hydrogen-bond acceptors (Lipinski definition) is 8. The maximum absolute atomic E-state index is 12.1. The van der Waals surface area contributed by atoms with E-state index in [1.165, 1.54) is 32.0 Å². The maximum atomic E-state index is 12.1. The van der Waals surface area contributed by atoms with Crippen molar-refractivity contribution < 1.29 is 14.6 Å². The van der Waals surface area contributed by atoms with Gasteiger partial charge in [-0.3, -0.25) is 4.79 Å². The van der Waals surface area contributed by atoms with E-state index in [-0.39, 0.29) is 11.7 Å². The van der Waals surface area contributed by atoms with E-state index in [9.17, 15) is 9.90 Å². The SMILES string of the molecule is C=CC(=O)N1CCN(c2nc(OCCCN3CCCC3)nc3c2CCN(c2cc(O)cc4ccccc24)C3)CC1. The minimum absolute atomic E-state index is 0.0274. The number of likely N-dealkylation sites (tertiary alicyclic amines) is 1. The van der Waals surface area contributed by atoms with Crippen LogP contribution in [0.15, 0.2) is 49.1 Å². The molecule has 3 aliphatic heterocycles. The Hall–Kier alpha value is -3.85. The Kier molecular flexibility index (Phi) is 7.73. The Labute approximate surface area is 235 Å². The average Bonchev–Trinajstić information content (AvgIpc) is 3.51. The highest BCUT2D eigenvalue weighted by Gasteiger charge is 2.29. The number of fused-ring (bicyclic) bond motifs is 2. The molecular formula is C31H38N6O3. The van der Waals surface area contributed by atoms with Gasteiger partial charge in [-0.1, -0.05) is 30.8 Å². The largest absolute Gasteiger partial charge is 0.508 e. The molecule has 2 aromatic carbocycles. The van der Waals surface area contributed by atoms with E-state index in [4.69, 9.17) is 14.7 Å². The summed E-state index contributed by atoms with van der Waals surface area (Å²) in [6.45, 7) is 11.7. The van der Waals surface area contributed by atoms with Gasteiger partial charge in [0.15, 0.2) is 0 Å². The van der Waals surface area contributed by atoms with Crippen LogP contribution in [0, 0.1) is 0 Å². The second-order valence-corrected chi connectivity index (χ2v) is 10.9. The number of rotatable bonds is 8. The van der Waals surface area contributed by atoms with Crippen molar-refractivity contribution >= 4 is 28.2 Å². The molecule has 0 atom stereocenters. The molecule has 3 aliphatic rings. The standard InChI is InChI=1S/C31H38N6O3/c1-2-29(39)35-15-17-36(18-16-35)30-26-10-14-37(28-21-24(38)20-23-8-3-4-9-25(23)28)22-27(26)32-31(33-30)40-19-7-13-34-11-5-6-12-34/h2-4,8-9,20-21,38H,1,5-7,10-19,22H2. The number of ether oxygens (including phenoxy) is 1. The van der Waals surface area contributed by atoms with Crippen LogP contribution in [-0.2, 0) is 17.8 Å². The number of piperazine rings is 1. The number of carbonyl (C=O) groups is 1. The monoisotopic (exact) mass is 542 g/mol. The van der Waals surface area contributed by atoms with Gasteiger partial charge < -0.3 is 29.4 Å². The van der Waals surface area contributed by atoms with Crippen molar-refractivity contribution in [3.8, 4) is 11.8 Å². The quantitative estimate of drug-likeness (QED) is 0.342. The zero-order valence-electron chi connectivity index (χ0n) is 23.1. The molecule has 6 rings (SSSR count). The molecule has 210 valence electrons. The molecule has 0 aliphatic carbocycles. The Balaban J connectivity index is 1.26. The first kappa shape index (κ1) is 26.4. The van der Waals surface area contributed by atoms with Crippen molar-refractivity contribution in [3.05, 3.63) is 60.3 Å². The fourth-order valence-corrected chi connectivity index (χ4v) is 6.18. The molecule has 3 aromatic rings. The van der Waals surface area contributed by atoms with Gasteiger partial charge in [0.2, 0.25) is 5.91 Å². The molecule has 0 spiro atoms. The summed E-state index contributed by atoms with van der Waals surface area (Å²) in [6.07, 6.45) is 5.69. The van der Waals surface area contributed by atoms with Crippen molar-refractivity contribution in [2.75, 3.05) is 68.8 Å². The fourth-order valence-electron chi connectivity index (χ4n) is 6.18. The van der Waals surface area contributed by atoms with Crippen molar-refractivity contribution in [1.29, 1.82) is 0 Å². The van der Waals surface area contributed by atoms with Gasteiger partial charge in [0, 0.05) is 62.0 Å². The van der Waals surface area contributed by atoms with E-state index in [0.29, 0.717) is 45.3 Å². The normalized spacial score (nSPS) is 17.8. The lowest BCUT2D eigenvalue weighted by atomic mass is 10.0. The summed E-state index contributed by atoms with van der Waals surface area (Å²) < 4.78 is 6.16. The van der Waals surface area contributed by atoms with E-state index in [0.717, 1.165) is 59.5 Å². The predicted octanol–water partition coefficient (Wildman–Crippen LogP) is 3.60. The molecule has 2 saturated heterocycles. The average molecular weight is 543 g/mol. The summed E-state index contributed by atoms with van der Waals surface area (Å²) in [4.78, 5) is 30.9. The Morgan fingerprint density at radius 1 is 1.00 bits per heavy atom. The van der Waals surface area contributed by atoms with Gasteiger partial charge in [0.25, 0.3) is 0 Å². The van der Waals surface area contributed by atoms with Crippen LogP contribution in [0.3, 0.4) is 0 Å². The smallest absolute Gasteiger partial charge is 0.318 e. The summed E-state index contributed by atoms with van der Waals surface area (Å²) in [5, 5.41) is 12.6. The predicted molar refractivity (Wildman–Crippen MR) is 157 cm³/mol. The summed E-state index contributed by atoms with van der Waals surface area (Å²) >= 11 is 0. The number of aromatic hydroxyl groups is 1. The molecule has 0 bridgehead atoms. The number of anilines is 2. The minimum atomic E-state index is -0.0274. The van der Waals surface area contributed by atoms with Crippen molar-refractivity contribution in [2.45, 2.75) is 32.2 Å². The molecule has 1 N–H and O–H groups in total. The first-order chi connectivity index (χ1) is 19.6. The molecule has 0 radical (unpaired) electrons. The molecule has 2 fully saturated rings. The van der Waals surface area contributed by atoms with Gasteiger partial charge in [0.05, 0.1) is 18.8 Å². The van der Waals surface area contributed by atoms with Crippen molar-refractivity contribution in [2.24, 2.45) is 0 Å². The number of carbonyl (C=O) groups excluding carboxylic acids is 1. The zero-order chi connectivity index (χ0) is 27.5. The summed E-state index contributed by atoms with van der Waals surface area (Å²) in [5.41, 5.74) is 3.11. The highest BCUT2D eigenvalue weighted by molar-refractivity contribution is 5.95. The van der Waals surface area contributed by atoms with E-state index in [1.807, 2.05) is 35.2 Å². The summed E-state index contributed by atoms with van der Waals surface area (Å²) in [7, 11) is 0. The van der Waals surface area contributed by atoms with E-state index in [2.05, 4.69) is 27.3 Å². The first-order valence-corrected chi connectivity index (χ1v) is 14.5. The summed E-state index contributed by atoms with van der Waals surface area (Å²) in [6, 6.07) is 12.2. The number of hydrogen-bond donors (Lipinski definition) is 1. The van der Waals surface area contributed by atoms with Gasteiger partial charge in [-0.05, 0) is 56.3 Å². The topological polar surface area (TPSA) is 85.3 Å². The van der Waals surface area contributed by atoms with E-state index < -0.39 is 0 Å². The van der Waals surface area contributed by atoms with Crippen molar-refractivity contribution in [3.63, 3.8) is 0 Å². The highest BCUT2D eigenvalue weighted by atomic mass is 16.5. The zero-order valence-corrected chi connectivity index (χ0v) is 23.1. The van der Waals surface area contributed by atoms with E-state index >= 15 is 0 Å². The molecule has 40 heavy (non-hydrogen) atoms. The second kappa shape index (κ2) is 11.7. The van der Waals surface area contributed by atoms with Crippen LogP contribution in [-0.4, -0.2) is 89.7 Å². The fraction of sp³-hybridized carbons (Fsp3) is 0.452. The summed E-state index contributed by atoms with van der Waals surface area (Å²) in [5.74, 6) is 1.16. The van der Waals surface area contributed by atoms with Gasteiger partial charge in [-0.2, -0.15) is 9.97 Å². The number of phenols is 1. The van der Waals surface area contributed by atoms with Gasteiger partial charge in [-0.15, -0.1) is 0 Å². The Bertz CT molecular complexity index is 1380. The number of amides is 1. The van der Waals surface area contributed by atoms with Gasteiger partial charge in [0.1, 0.15) is 11.6 Å². The molecule has 4 heterocycles. The maximum Gasteiger partial charge on any atom is 0.318 e. The minimum Gasteiger partial charge on any atom is -0.508 e. The third-order valence-electron chi connectivity index (χ3n) is 8.30. The Morgan fingerprint density at radius 3 is 2.60 bits per heavy atom. The van der Waals surface area contributed by atoms with Crippen molar-refractivity contribution in [1.82, 2.24) is 19.8 Å². The third-order valence-corrected chi connectivity index (χ3v) is 8.30. The van der Waals surface area contributed by atoms with Gasteiger partial charge in [-0.25, -0.2) is 0 Å². The molecule has 1 aromatic heterocycles.